The number of nitrogens with one attached hydrogen (secondary N) is 3. The van der Waals surface area contributed by atoms with Gasteiger partial charge in [-0.2, -0.15) is 13.2 Å². The van der Waals surface area contributed by atoms with Gasteiger partial charge in [0.1, 0.15) is 12.0 Å². The monoisotopic (exact) mass is 496 g/mol. The lowest BCUT2D eigenvalue weighted by atomic mass is 10.1. The fourth-order valence-corrected chi connectivity index (χ4v) is 5.56. The molecule has 2 fully saturated rings. The normalized spacial score (nSPS) is 28.7. The van der Waals surface area contributed by atoms with Crippen LogP contribution in [0.3, 0.4) is 0 Å². The van der Waals surface area contributed by atoms with Crippen molar-refractivity contribution in [3.05, 3.63) is 46.4 Å². The van der Waals surface area contributed by atoms with E-state index in [-0.39, 0.29) is 24.7 Å². The van der Waals surface area contributed by atoms with Crippen LogP contribution in [0.25, 0.3) is 0 Å². The van der Waals surface area contributed by atoms with Crippen molar-refractivity contribution >= 4 is 11.9 Å². The Bertz CT molecular complexity index is 1080. The second-order valence-corrected chi connectivity index (χ2v) is 9.69. The first-order valence-electron chi connectivity index (χ1n) is 11.8. The Morgan fingerprint density at radius 3 is 2.66 bits per heavy atom. The highest BCUT2D eigenvalue weighted by Crippen LogP contribution is 2.32. The molecule has 2 unspecified atom stereocenters. The van der Waals surface area contributed by atoms with Gasteiger partial charge in [-0.05, 0) is 51.4 Å². The molecule has 2 saturated heterocycles. The maximum absolute atomic E-state index is 14.2. The Balaban J connectivity index is 1.28. The highest BCUT2D eigenvalue weighted by atomic mass is 19.4. The van der Waals surface area contributed by atoms with Crippen molar-refractivity contribution in [2.45, 2.75) is 57.2 Å². The molecule has 1 aromatic rings. The standard InChI is InChI=1S/C23H28F4N6O2/c1-12-9-31-7-3-4-15(31)10-32(12)22(35)33-11-17-19(13(33)2)29-30-20(17)28-21(34)16-8-14(23(25,26)27)5-6-18(16)24/h5-6,8,12-13,15,20,29-30H,3-4,7,9-11H2,1-2H3,(H,28,34)/t12-,13?,15-,20?/m0/s1. The third-order valence-corrected chi connectivity index (χ3v) is 7.51. The summed E-state index contributed by atoms with van der Waals surface area (Å²) < 4.78 is 53.3. The lowest BCUT2D eigenvalue weighted by Gasteiger charge is -2.44. The highest BCUT2D eigenvalue weighted by molar-refractivity contribution is 5.95. The van der Waals surface area contributed by atoms with Gasteiger partial charge in [0.2, 0.25) is 0 Å². The quantitative estimate of drug-likeness (QED) is 0.548. The fraction of sp³-hybridized carbons (Fsp3) is 0.565. The number of nitrogens with zero attached hydrogens (tertiary/aromatic N) is 3. The van der Waals surface area contributed by atoms with E-state index >= 15 is 0 Å². The average molecular weight is 497 g/mol. The molecule has 0 aromatic heterocycles. The van der Waals surface area contributed by atoms with E-state index in [1.165, 1.54) is 0 Å². The molecule has 0 aliphatic carbocycles. The van der Waals surface area contributed by atoms with E-state index in [1.54, 1.807) is 4.90 Å². The summed E-state index contributed by atoms with van der Waals surface area (Å²) >= 11 is 0. The van der Waals surface area contributed by atoms with Gasteiger partial charge in [0.05, 0.1) is 22.9 Å². The van der Waals surface area contributed by atoms with E-state index in [2.05, 4.69) is 21.1 Å². The minimum atomic E-state index is -4.70. The molecule has 8 nitrogen and oxygen atoms in total. The number of carbonyl (C=O) groups is 2. The van der Waals surface area contributed by atoms with Crippen LogP contribution in [0, 0.1) is 5.82 Å². The van der Waals surface area contributed by atoms with Crippen molar-refractivity contribution in [2.75, 3.05) is 26.2 Å². The molecule has 35 heavy (non-hydrogen) atoms. The van der Waals surface area contributed by atoms with Gasteiger partial charge >= 0.3 is 12.2 Å². The van der Waals surface area contributed by atoms with Crippen molar-refractivity contribution in [3.63, 3.8) is 0 Å². The Morgan fingerprint density at radius 2 is 1.91 bits per heavy atom. The molecule has 3 amide bonds. The fourth-order valence-electron chi connectivity index (χ4n) is 5.56. The maximum Gasteiger partial charge on any atom is 0.416 e. The SMILES string of the molecule is CC1C2=C(CN1C(=O)N1C[C@@H]3CCCN3C[C@@H]1C)C(NC(=O)c1cc(C(F)(F)F)ccc1F)NN2. The lowest BCUT2D eigenvalue weighted by molar-refractivity contribution is -0.137. The number of benzene rings is 1. The number of amides is 3. The van der Waals surface area contributed by atoms with Gasteiger partial charge in [0.25, 0.3) is 5.91 Å². The predicted molar refractivity (Wildman–Crippen MR) is 118 cm³/mol. The van der Waals surface area contributed by atoms with Gasteiger partial charge in [0.15, 0.2) is 0 Å². The second-order valence-electron chi connectivity index (χ2n) is 9.69. The smallest absolute Gasteiger partial charge is 0.331 e. The van der Waals surface area contributed by atoms with Gasteiger partial charge in [-0.1, -0.05) is 0 Å². The zero-order valence-corrected chi connectivity index (χ0v) is 19.5. The third-order valence-electron chi connectivity index (χ3n) is 7.51. The molecule has 4 heterocycles. The molecule has 0 bridgehead atoms. The molecule has 3 N–H and O–H groups in total. The van der Waals surface area contributed by atoms with E-state index in [1.807, 2.05) is 18.7 Å². The maximum atomic E-state index is 14.2. The van der Waals surface area contributed by atoms with E-state index in [0.717, 1.165) is 31.6 Å². The number of hydrogen-bond donors (Lipinski definition) is 3. The van der Waals surface area contributed by atoms with Crippen molar-refractivity contribution < 1.29 is 27.2 Å². The van der Waals surface area contributed by atoms with Crippen LogP contribution in [0.1, 0.15) is 42.6 Å². The van der Waals surface area contributed by atoms with Crippen LogP contribution in [0.4, 0.5) is 22.4 Å². The first kappa shape index (κ1) is 23.9. The molecular weight excluding hydrogens is 468 g/mol. The molecule has 0 radical (unpaired) electrons. The zero-order chi connectivity index (χ0) is 25.1. The number of fused-ring (bicyclic) bond motifs is 1. The van der Waals surface area contributed by atoms with Crippen LogP contribution in [0.2, 0.25) is 0 Å². The summed E-state index contributed by atoms with van der Waals surface area (Å²) in [5, 5.41) is 2.55. The molecule has 4 aliphatic heterocycles. The lowest BCUT2D eigenvalue weighted by Crippen LogP contribution is -2.60. The van der Waals surface area contributed by atoms with Crippen molar-refractivity contribution in [2.24, 2.45) is 0 Å². The summed E-state index contributed by atoms with van der Waals surface area (Å²) in [5.41, 5.74) is 5.47. The molecule has 5 rings (SSSR count). The van der Waals surface area contributed by atoms with E-state index in [9.17, 15) is 27.2 Å². The number of piperazine rings is 1. The average Bonchev–Trinajstić information content (AvgIpc) is 3.49. The van der Waals surface area contributed by atoms with Gasteiger partial charge in [-0.25, -0.2) is 14.6 Å². The number of hydrogen-bond acceptors (Lipinski definition) is 5. The largest absolute Gasteiger partial charge is 0.416 e. The number of alkyl halides is 3. The van der Waals surface area contributed by atoms with Crippen LogP contribution >= 0.6 is 0 Å². The van der Waals surface area contributed by atoms with Gasteiger partial charge in [-0.3, -0.25) is 9.69 Å². The number of rotatable bonds is 2. The first-order chi connectivity index (χ1) is 16.5. The Labute approximate surface area is 200 Å². The molecule has 1 aromatic carbocycles. The first-order valence-corrected chi connectivity index (χ1v) is 11.8. The summed E-state index contributed by atoms with van der Waals surface area (Å²) in [7, 11) is 0. The summed E-state index contributed by atoms with van der Waals surface area (Å²) in [6.45, 7) is 6.74. The molecule has 0 spiro atoms. The van der Waals surface area contributed by atoms with Crippen molar-refractivity contribution in [1.29, 1.82) is 0 Å². The molecule has 12 heteroatoms. The van der Waals surface area contributed by atoms with E-state index in [0.29, 0.717) is 36.4 Å². The minimum absolute atomic E-state index is 0.0740. The number of halogens is 4. The van der Waals surface area contributed by atoms with Crippen LogP contribution in [-0.2, 0) is 6.18 Å². The second kappa shape index (κ2) is 8.66. The number of carbonyl (C=O) groups excluding carboxylic acids is 2. The molecule has 0 saturated carbocycles. The third kappa shape index (κ3) is 4.22. The number of hydrazine groups is 1. The van der Waals surface area contributed by atoms with Gasteiger partial charge in [0, 0.05) is 37.3 Å². The van der Waals surface area contributed by atoms with Gasteiger partial charge < -0.3 is 20.5 Å². The van der Waals surface area contributed by atoms with Crippen molar-refractivity contribution in [3.8, 4) is 0 Å². The van der Waals surface area contributed by atoms with Crippen LogP contribution < -0.4 is 16.2 Å². The minimum Gasteiger partial charge on any atom is -0.331 e. The topological polar surface area (TPSA) is 80.0 Å². The summed E-state index contributed by atoms with van der Waals surface area (Å²) in [6.07, 6.45) is -3.28. The molecule has 190 valence electrons. The summed E-state index contributed by atoms with van der Waals surface area (Å²) in [5.74, 6) is -2.03. The van der Waals surface area contributed by atoms with E-state index < -0.39 is 35.2 Å². The van der Waals surface area contributed by atoms with Crippen LogP contribution in [0.5, 0.6) is 0 Å². The highest BCUT2D eigenvalue weighted by Gasteiger charge is 2.44. The summed E-state index contributed by atoms with van der Waals surface area (Å²) in [4.78, 5) is 32.2. The Kier molecular flexibility index (Phi) is 5.91. The molecule has 4 atom stereocenters. The van der Waals surface area contributed by atoms with Crippen LogP contribution in [0.15, 0.2) is 29.5 Å². The van der Waals surface area contributed by atoms with E-state index in [4.69, 9.17) is 0 Å². The van der Waals surface area contributed by atoms with Gasteiger partial charge in [-0.15, -0.1) is 0 Å². The predicted octanol–water partition coefficient (Wildman–Crippen LogP) is 2.25. The Morgan fingerprint density at radius 1 is 1.14 bits per heavy atom. The Hall–Kier alpha value is -2.86. The van der Waals surface area contributed by atoms with Crippen LogP contribution in [-0.4, -0.2) is 77.1 Å². The molecular formula is C23H28F4N6O2. The summed E-state index contributed by atoms with van der Waals surface area (Å²) in [6, 6.07) is 1.81. The molecule has 4 aliphatic rings. The zero-order valence-electron chi connectivity index (χ0n) is 19.5. The van der Waals surface area contributed by atoms with Crippen molar-refractivity contribution in [1.82, 2.24) is 30.9 Å². The number of urea groups is 1.